The van der Waals surface area contributed by atoms with E-state index in [1.165, 1.54) is 6.07 Å². The number of hydrogen-bond donors (Lipinski definition) is 1. The van der Waals surface area contributed by atoms with Gasteiger partial charge in [0.2, 0.25) is 0 Å². The third-order valence-electron chi connectivity index (χ3n) is 3.12. The van der Waals surface area contributed by atoms with Crippen molar-refractivity contribution >= 4 is 21.8 Å². The van der Waals surface area contributed by atoms with E-state index in [1.54, 1.807) is 31.2 Å². The second-order valence-corrected chi connectivity index (χ2v) is 5.53. The van der Waals surface area contributed by atoms with E-state index in [0.717, 1.165) is 11.3 Å². The van der Waals surface area contributed by atoms with Crippen LogP contribution in [0.5, 0.6) is 11.5 Å². The summed E-state index contributed by atoms with van der Waals surface area (Å²) in [6, 6.07) is 12.3. The third kappa shape index (κ3) is 3.76. The number of rotatable bonds is 4. The van der Waals surface area contributed by atoms with Gasteiger partial charge in [0.15, 0.2) is 0 Å². The number of phenols is 1. The summed E-state index contributed by atoms with van der Waals surface area (Å²) in [7, 11) is 3.34. The third-order valence-corrected chi connectivity index (χ3v) is 3.79. The molecule has 0 radical (unpaired) electrons. The fourth-order valence-corrected chi connectivity index (χ4v) is 2.19. The SMILES string of the molecule is COc1ccc(CN(C)C(=O)c2ccc(Br)c(O)c2)cc1. The van der Waals surface area contributed by atoms with Crippen molar-refractivity contribution < 1.29 is 14.6 Å². The quantitative estimate of drug-likeness (QED) is 0.919. The lowest BCUT2D eigenvalue weighted by Crippen LogP contribution is -2.26. The second-order valence-electron chi connectivity index (χ2n) is 4.68. The highest BCUT2D eigenvalue weighted by Crippen LogP contribution is 2.25. The molecular weight excluding hydrogens is 334 g/mol. The molecule has 110 valence electrons. The molecule has 1 amide bonds. The molecule has 0 aliphatic rings. The van der Waals surface area contributed by atoms with Gasteiger partial charge in [-0.25, -0.2) is 0 Å². The van der Waals surface area contributed by atoms with Gasteiger partial charge in [-0.2, -0.15) is 0 Å². The molecule has 1 N–H and O–H groups in total. The first-order chi connectivity index (χ1) is 10.0. The molecule has 21 heavy (non-hydrogen) atoms. The lowest BCUT2D eigenvalue weighted by molar-refractivity contribution is 0.0784. The summed E-state index contributed by atoms with van der Waals surface area (Å²) < 4.78 is 5.67. The van der Waals surface area contributed by atoms with E-state index in [2.05, 4.69) is 15.9 Å². The van der Waals surface area contributed by atoms with Crippen molar-refractivity contribution in [3.63, 3.8) is 0 Å². The average Bonchev–Trinajstić information content (AvgIpc) is 2.50. The van der Waals surface area contributed by atoms with E-state index in [4.69, 9.17) is 4.74 Å². The van der Waals surface area contributed by atoms with Crippen molar-refractivity contribution in [3.8, 4) is 11.5 Å². The monoisotopic (exact) mass is 349 g/mol. The minimum absolute atomic E-state index is 0.0543. The number of carbonyl (C=O) groups excluding carboxylic acids is 1. The molecule has 5 heteroatoms. The number of phenolic OH excluding ortho intramolecular Hbond substituents is 1. The van der Waals surface area contributed by atoms with Crippen molar-refractivity contribution in [3.05, 3.63) is 58.1 Å². The van der Waals surface area contributed by atoms with Crippen LogP contribution in [-0.4, -0.2) is 30.1 Å². The van der Waals surface area contributed by atoms with Crippen molar-refractivity contribution in [1.29, 1.82) is 0 Å². The minimum atomic E-state index is -0.145. The summed E-state index contributed by atoms with van der Waals surface area (Å²) in [6.45, 7) is 0.486. The maximum absolute atomic E-state index is 12.3. The Bertz CT molecular complexity index is 640. The van der Waals surface area contributed by atoms with Gasteiger partial charge in [0.25, 0.3) is 5.91 Å². The van der Waals surface area contributed by atoms with Gasteiger partial charge in [-0.1, -0.05) is 12.1 Å². The van der Waals surface area contributed by atoms with E-state index in [0.29, 0.717) is 16.6 Å². The predicted molar refractivity (Wildman–Crippen MR) is 84.6 cm³/mol. The molecule has 2 aromatic carbocycles. The van der Waals surface area contributed by atoms with E-state index in [9.17, 15) is 9.90 Å². The van der Waals surface area contributed by atoms with Crippen molar-refractivity contribution in [2.45, 2.75) is 6.54 Å². The summed E-state index contributed by atoms with van der Waals surface area (Å²) in [5.74, 6) is 0.692. The Labute approximate surface area is 132 Å². The van der Waals surface area contributed by atoms with Crippen LogP contribution < -0.4 is 4.74 Å². The Morgan fingerprint density at radius 2 is 1.90 bits per heavy atom. The topological polar surface area (TPSA) is 49.8 Å². The smallest absolute Gasteiger partial charge is 0.254 e. The predicted octanol–water partition coefficient (Wildman–Crippen LogP) is 3.44. The molecule has 0 atom stereocenters. The molecular formula is C16H16BrNO3. The fraction of sp³-hybridized carbons (Fsp3) is 0.188. The molecule has 2 rings (SSSR count). The van der Waals surface area contributed by atoms with Crippen LogP contribution in [0.25, 0.3) is 0 Å². The first-order valence-corrected chi connectivity index (χ1v) is 7.17. The van der Waals surface area contributed by atoms with Crippen LogP contribution in [0.4, 0.5) is 0 Å². The average molecular weight is 350 g/mol. The molecule has 4 nitrogen and oxygen atoms in total. The molecule has 0 aliphatic heterocycles. The van der Waals surface area contributed by atoms with Crippen LogP contribution in [0, 0.1) is 0 Å². The number of amides is 1. The van der Waals surface area contributed by atoms with Gasteiger partial charge in [0, 0.05) is 19.2 Å². The van der Waals surface area contributed by atoms with Gasteiger partial charge in [0.1, 0.15) is 11.5 Å². The maximum Gasteiger partial charge on any atom is 0.254 e. The van der Waals surface area contributed by atoms with Gasteiger partial charge in [0.05, 0.1) is 11.6 Å². The number of aromatic hydroxyl groups is 1. The highest BCUT2D eigenvalue weighted by atomic mass is 79.9. The fourth-order valence-electron chi connectivity index (χ4n) is 1.94. The van der Waals surface area contributed by atoms with E-state index >= 15 is 0 Å². The van der Waals surface area contributed by atoms with Gasteiger partial charge >= 0.3 is 0 Å². The lowest BCUT2D eigenvalue weighted by atomic mass is 10.1. The Kier molecular flexibility index (Phi) is 4.85. The molecule has 0 aliphatic carbocycles. The summed E-state index contributed by atoms with van der Waals surface area (Å²) in [5, 5.41) is 9.65. The first-order valence-electron chi connectivity index (χ1n) is 6.38. The maximum atomic E-state index is 12.3. The minimum Gasteiger partial charge on any atom is -0.507 e. The van der Waals surface area contributed by atoms with Crippen LogP contribution in [0.3, 0.4) is 0 Å². The number of ether oxygens (including phenoxy) is 1. The van der Waals surface area contributed by atoms with Crippen molar-refractivity contribution in [2.75, 3.05) is 14.2 Å². The van der Waals surface area contributed by atoms with Crippen LogP contribution in [0.2, 0.25) is 0 Å². The summed E-state index contributed by atoms with van der Waals surface area (Å²) in [5.41, 5.74) is 1.46. The van der Waals surface area contributed by atoms with Gasteiger partial charge in [-0.3, -0.25) is 4.79 Å². The Balaban J connectivity index is 2.09. The highest BCUT2D eigenvalue weighted by molar-refractivity contribution is 9.10. The van der Waals surface area contributed by atoms with E-state index < -0.39 is 0 Å². The molecule has 0 spiro atoms. The lowest BCUT2D eigenvalue weighted by Gasteiger charge is -2.18. The standard InChI is InChI=1S/C16H16BrNO3/c1-18(10-11-3-6-13(21-2)7-4-11)16(20)12-5-8-14(17)15(19)9-12/h3-9,19H,10H2,1-2H3. The zero-order valence-corrected chi connectivity index (χ0v) is 13.4. The number of nitrogens with zero attached hydrogens (tertiary/aromatic N) is 1. The highest BCUT2D eigenvalue weighted by Gasteiger charge is 2.13. The zero-order valence-electron chi connectivity index (χ0n) is 11.8. The summed E-state index contributed by atoms with van der Waals surface area (Å²) >= 11 is 3.20. The molecule has 2 aromatic rings. The Hall–Kier alpha value is -2.01. The molecule has 0 aromatic heterocycles. The van der Waals surface area contributed by atoms with Gasteiger partial charge < -0.3 is 14.7 Å². The van der Waals surface area contributed by atoms with E-state index in [-0.39, 0.29) is 11.7 Å². The molecule has 0 saturated carbocycles. The first kappa shape index (κ1) is 15.4. The molecule has 0 unspecified atom stereocenters. The summed E-state index contributed by atoms with van der Waals surface area (Å²) in [4.78, 5) is 13.9. The number of hydrogen-bond acceptors (Lipinski definition) is 3. The van der Waals surface area contributed by atoms with Gasteiger partial charge in [-0.05, 0) is 51.8 Å². The number of halogens is 1. The van der Waals surface area contributed by atoms with Crippen LogP contribution in [0.1, 0.15) is 15.9 Å². The molecule has 0 bridgehead atoms. The van der Waals surface area contributed by atoms with Gasteiger partial charge in [-0.15, -0.1) is 0 Å². The number of carbonyl (C=O) groups is 1. The number of benzene rings is 2. The Morgan fingerprint density at radius 1 is 1.24 bits per heavy atom. The molecule has 0 fully saturated rings. The van der Waals surface area contributed by atoms with Crippen molar-refractivity contribution in [1.82, 2.24) is 4.90 Å². The largest absolute Gasteiger partial charge is 0.507 e. The van der Waals surface area contributed by atoms with Crippen LogP contribution in [0.15, 0.2) is 46.9 Å². The summed E-state index contributed by atoms with van der Waals surface area (Å²) in [6.07, 6.45) is 0. The zero-order chi connectivity index (χ0) is 15.4. The normalized spacial score (nSPS) is 10.2. The Morgan fingerprint density at radius 3 is 2.48 bits per heavy atom. The van der Waals surface area contributed by atoms with Crippen LogP contribution >= 0.6 is 15.9 Å². The van der Waals surface area contributed by atoms with Crippen LogP contribution in [-0.2, 0) is 6.54 Å². The second kappa shape index (κ2) is 6.63. The molecule has 0 heterocycles. The van der Waals surface area contributed by atoms with Crippen molar-refractivity contribution in [2.24, 2.45) is 0 Å². The molecule has 0 saturated heterocycles. The van der Waals surface area contributed by atoms with E-state index in [1.807, 2.05) is 24.3 Å². The number of methoxy groups -OCH3 is 1.